The molecule has 0 aliphatic heterocycles. The average Bonchev–Trinajstić information content (AvgIpc) is 2.36. The van der Waals surface area contributed by atoms with Crippen LogP contribution in [0.2, 0.25) is 0 Å². The summed E-state index contributed by atoms with van der Waals surface area (Å²) in [5.41, 5.74) is 0. The summed E-state index contributed by atoms with van der Waals surface area (Å²) < 4.78 is 5.62. The smallest absolute Gasteiger partial charge is 0.218 e. The quantitative estimate of drug-likeness (QED) is 0.706. The fourth-order valence-electron chi connectivity index (χ4n) is 1.37. The first-order valence-corrected chi connectivity index (χ1v) is 6.54. The second-order valence-corrected chi connectivity index (χ2v) is 3.99. The fraction of sp³-hybridized carbons (Fsp3) is 0.692. The van der Waals surface area contributed by atoms with Crippen LogP contribution in [0.3, 0.4) is 0 Å². The Hall–Kier alpha value is -1.32. The van der Waals surface area contributed by atoms with Crippen molar-refractivity contribution in [3.63, 3.8) is 0 Å². The third-order valence-corrected chi connectivity index (χ3v) is 2.37. The van der Waals surface area contributed by atoms with E-state index in [9.17, 15) is 0 Å². The monoisotopic (exact) mass is 237 g/mol. The summed E-state index contributed by atoms with van der Waals surface area (Å²) >= 11 is 0. The minimum Gasteiger partial charge on any atom is -0.478 e. The van der Waals surface area contributed by atoms with Crippen molar-refractivity contribution in [2.75, 3.05) is 18.5 Å². The van der Waals surface area contributed by atoms with Crippen LogP contribution in [-0.2, 0) is 6.42 Å². The molecule has 1 aromatic heterocycles. The highest BCUT2D eigenvalue weighted by Gasteiger charge is 2.03. The van der Waals surface area contributed by atoms with Crippen molar-refractivity contribution in [1.29, 1.82) is 0 Å². The lowest BCUT2D eigenvalue weighted by molar-refractivity contribution is 0.296. The van der Waals surface area contributed by atoms with E-state index in [1.807, 2.05) is 6.07 Å². The number of aryl methyl sites for hydroxylation is 1. The van der Waals surface area contributed by atoms with Crippen molar-refractivity contribution < 1.29 is 4.74 Å². The number of hydrogen-bond donors (Lipinski definition) is 1. The molecular formula is C13H23N3O. The Bertz CT molecular complexity index is 328. The summed E-state index contributed by atoms with van der Waals surface area (Å²) in [7, 11) is 0. The number of aromatic nitrogens is 2. The molecule has 4 nitrogen and oxygen atoms in total. The van der Waals surface area contributed by atoms with Crippen LogP contribution in [0.25, 0.3) is 0 Å². The molecule has 96 valence electrons. The Kier molecular flexibility index (Phi) is 6.37. The molecule has 0 saturated heterocycles. The largest absolute Gasteiger partial charge is 0.478 e. The molecule has 1 rings (SSSR count). The number of nitrogens with zero attached hydrogens (tertiary/aromatic N) is 2. The van der Waals surface area contributed by atoms with Crippen molar-refractivity contribution in [3.05, 3.63) is 11.9 Å². The van der Waals surface area contributed by atoms with Gasteiger partial charge in [0.05, 0.1) is 6.61 Å². The van der Waals surface area contributed by atoms with Crippen LogP contribution in [-0.4, -0.2) is 23.1 Å². The molecule has 0 aliphatic rings. The van der Waals surface area contributed by atoms with Gasteiger partial charge in [0.2, 0.25) is 5.88 Å². The molecule has 0 atom stereocenters. The summed E-state index contributed by atoms with van der Waals surface area (Å²) in [5, 5.41) is 3.27. The second kappa shape index (κ2) is 7.87. The molecule has 1 aromatic rings. The minimum absolute atomic E-state index is 0.684. The molecule has 0 radical (unpaired) electrons. The Morgan fingerprint density at radius 3 is 2.65 bits per heavy atom. The highest BCUT2D eigenvalue weighted by Crippen LogP contribution is 2.14. The first-order valence-electron chi connectivity index (χ1n) is 6.54. The molecule has 0 amide bonds. The van der Waals surface area contributed by atoms with E-state index in [-0.39, 0.29) is 0 Å². The van der Waals surface area contributed by atoms with Crippen LogP contribution in [0.5, 0.6) is 5.88 Å². The molecule has 1 heterocycles. The Morgan fingerprint density at radius 1 is 1.18 bits per heavy atom. The first-order chi connectivity index (χ1) is 8.30. The Labute approximate surface area is 104 Å². The summed E-state index contributed by atoms with van der Waals surface area (Å²) in [6, 6.07) is 1.88. The molecule has 0 saturated carbocycles. The van der Waals surface area contributed by atoms with Crippen molar-refractivity contribution in [3.8, 4) is 5.88 Å². The van der Waals surface area contributed by atoms with Crippen LogP contribution < -0.4 is 10.1 Å². The molecule has 0 spiro atoms. The molecule has 0 unspecified atom stereocenters. The maximum absolute atomic E-state index is 5.62. The predicted octanol–water partition coefficient (Wildman–Crippen LogP) is 3.04. The topological polar surface area (TPSA) is 47.0 Å². The van der Waals surface area contributed by atoms with Gasteiger partial charge in [0.1, 0.15) is 11.6 Å². The van der Waals surface area contributed by atoms with Crippen LogP contribution in [0.15, 0.2) is 6.07 Å². The number of anilines is 1. The van der Waals surface area contributed by atoms with E-state index in [0.29, 0.717) is 5.88 Å². The molecule has 4 heteroatoms. The highest BCUT2D eigenvalue weighted by atomic mass is 16.5. The van der Waals surface area contributed by atoms with Crippen molar-refractivity contribution in [1.82, 2.24) is 9.97 Å². The van der Waals surface area contributed by atoms with Crippen LogP contribution in [0, 0.1) is 0 Å². The Morgan fingerprint density at radius 2 is 2.00 bits per heavy atom. The van der Waals surface area contributed by atoms with E-state index in [2.05, 4.69) is 36.1 Å². The fourth-order valence-corrected chi connectivity index (χ4v) is 1.37. The van der Waals surface area contributed by atoms with E-state index in [4.69, 9.17) is 4.74 Å². The maximum Gasteiger partial charge on any atom is 0.218 e. The van der Waals surface area contributed by atoms with E-state index in [1.165, 1.54) is 0 Å². The van der Waals surface area contributed by atoms with Gasteiger partial charge in [0.25, 0.3) is 0 Å². The van der Waals surface area contributed by atoms with E-state index >= 15 is 0 Å². The van der Waals surface area contributed by atoms with Gasteiger partial charge in [-0.1, -0.05) is 27.2 Å². The lowest BCUT2D eigenvalue weighted by Gasteiger charge is -2.09. The summed E-state index contributed by atoms with van der Waals surface area (Å²) in [6.07, 6.45) is 4.10. The van der Waals surface area contributed by atoms with Crippen molar-refractivity contribution >= 4 is 5.82 Å². The van der Waals surface area contributed by atoms with Gasteiger partial charge in [-0.2, -0.15) is 4.98 Å². The normalized spacial score (nSPS) is 10.3. The lowest BCUT2D eigenvalue weighted by Crippen LogP contribution is -2.07. The zero-order valence-corrected chi connectivity index (χ0v) is 11.1. The average molecular weight is 237 g/mol. The van der Waals surface area contributed by atoms with Gasteiger partial charge < -0.3 is 10.1 Å². The Balaban J connectivity index is 2.67. The van der Waals surface area contributed by atoms with E-state index in [0.717, 1.165) is 50.5 Å². The van der Waals surface area contributed by atoms with Gasteiger partial charge in [-0.3, -0.25) is 0 Å². The van der Waals surface area contributed by atoms with Gasteiger partial charge >= 0.3 is 0 Å². The van der Waals surface area contributed by atoms with Gasteiger partial charge in [0, 0.05) is 19.0 Å². The van der Waals surface area contributed by atoms with Gasteiger partial charge in [0.15, 0.2) is 0 Å². The number of hydrogen-bond acceptors (Lipinski definition) is 4. The van der Waals surface area contributed by atoms with E-state index in [1.54, 1.807) is 0 Å². The molecule has 0 aliphatic carbocycles. The molecular weight excluding hydrogens is 214 g/mol. The standard InChI is InChI=1S/C13H23N3O/c1-4-7-9-17-13-10-12(14-8-5-2)15-11(6-3)16-13/h10H,4-9H2,1-3H3,(H,14,15,16). The lowest BCUT2D eigenvalue weighted by atomic mass is 10.4. The number of nitrogens with one attached hydrogen (secondary N) is 1. The highest BCUT2D eigenvalue weighted by molar-refractivity contribution is 5.38. The minimum atomic E-state index is 0.684. The van der Waals surface area contributed by atoms with Crippen molar-refractivity contribution in [2.45, 2.75) is 46.5 Å². The molecule has 17 heavy (non-hydrogen) atoms. The van der Waals surface area contributed by atoms with E-state index < -0.39 is 0 Å². The van der Waals surface area contributed by atoms with Crippen LogP contribution in [0.4, 0.5) is 5.82 Å². The number of rotatable bonds is 8. The number of ether oxygens (including phenoxy) is 1. The zero-order valence-electron chi connectivity index (χ0n) is 11.1. The molecule has 0 aromatic carbocycles. The first kappa shape index (κ1) is 13.7. The van der Waals surface area contributed by atoms with Crippen LogP contribution in [0.1, 0.15) is 45.9 Å². The van der Waals surface area contributed by atoms with Gasteiger partial charge in [-0.15, -0.1) is 0 Å². The van der Waals surface area contributed by atoms with Crippen LogP contribution >= 0.6 is 0 Å². The maximum atomic E-state index is 5.62. The third kappa shape index (κ3) is 5.02. The number of unbranched alkanes of at least 4 members (excludes halogenated alkanes) is 1. The van der Waals surface area contributed by atoms with Crippen molar-refractivity contribution in [2.24, 2.45) is 0 Å². The van der Waals surface area contributed by atoms with Gasteiger partial charge in [-0.25, -0.2) is 4.98 Å². The summed E-state index contributed by atoms with van der Waals surface area (Å²) in [4.78, 5) is 8.77. The predicted molar refractivity (Wildman–Crippen MR) is 70.6 cm³/mol. The summed E-state index contributed by atoms with van der Waals surface area (Å²) in [5.74, 6) is 2.38. The molecule has 0 fully saturated rings. The second-order valence-electron chi connectivity index (χ2n) is 3.99. The third-order valence-electron chi connectivity index (χ3n) is 2.37. The van der Waals surface area contributed by atoms with Gasteiger partial charge in [-0.05, 0) is 12.8 Å². The molecule has 1 N–H and O–H groups in total. The SMILES string of the molecule is CCCCOc1cc(NCCC)nc(CC)n1. The molecule has 0 bridgehead atoms. The summed E-state index contributed by atoms with van der Waals surface area (Å²) in [6.45, 7) is 7.98. The zero-order chi connectivity index (χ0) is 12.5.